The van der Waals surface area contributed by atoms with Crippen LogP contribution in [0.1, 0.15) is 33.6 Å². The maximum Gasteiger partial charge on any atom is 0.00792 e. The Bertz CT molecular complexity index is 148. The van der Waals surface area contributed by atoms with Crippen molar-refractivity contribution in [1.29, 1.82) is 0 Å². The molecule has 1 heterocycles. The second kappa shape index (κ2) is 5.72. The van der Waals surface area contributed by atoms with Crippen molar-refractivity contribution in [3.05, 3.63) is 0 Å². The van der Waals surface area contributed by atoms with Gasteiger partial charge in [0.05, 0.1) is 0 Å². The van der Waals surface area contributed by atoms with Crippen molar-refractivity contribution in [2.45, 2.75) is 39.7 Å². The van der Waals surface area contributed by atoms with Crippen LogP contribution in [0.4, 0.5) is 0 Å². The molecule has 0 spiro atoms. The predicted octanol–water partition coefficient (Wildman–Crippen LogP) is 1.96. The van der Waals surface area contributed by atoms with E-state index in [-0.39, 0.29) is 0 Å². The summed E-state index contributed by atoms with van der Waals surface area (Å²) >= 11 is 0. The lowest BCUT2D eigenvalue weighted by Crippen LogP contribution is -2.44. The molecule has 0 saturated carbocycles. The fraction of sp³-hybridized carbons (Fsp3) is 1.00. The molecular formula is C12H26N2. The van der Waals surface area contributed by atoms with E-state index in [2.05, 4.69) is 31.0 Å². The van der Waals surface area contributed by atoms with Crippen LogP contribution in [-0.4, -0.2) is 37.6 Å². The number of nitrogens with zero attached hydrogens (tertiary/aromatic N) is 1. The van der Waals surface area contributed by atoms with Gasteiger partial charge in [-0.1, -0.05) is 13.8 Å². The van der Waals surface area contributed by atoms with Gasteiger partial charge in [-0.2, -0.15) is 0 Å². The highest BCUT2D eigenvalue weighted by Crippen LogP contribution is 2.23. The quantitative estimate of drug-likeness (QED) is 0.743. The van der Waals surface area contributed by atoms with Crippen LogP contribution in [0.5, 0.6) is 0 Å². The predicted molar refractivity (Wildman–Crippen MR) is 62.5 cm³/mol. The van der Waals surface area contributed by atoms with E-state index in [1.165, 1.54) is 25.9 Å². The first-order chi connectivity index (χ1) is 6.63. The summed E-state index contributed by atoms with van der Waals surface area (Å²) in [6.07, 6.45) is 2.69. The molecule has 84 valence electrons. The average Bonchev–Trinajstić information content (AvgIpc) is 2.12. The van der Waals surface area contributed by atoms with Gasteiger partial charge in [0.15, 0.2) is 0 Å². The second-order valence-electron chi connectivity index (χ2n) is 5.14. The zero-order valence-corrected chi connectivity index (χ0v) is 10.2. The highest BCUT2D eigenvalue weighted by Gasteiger charge is 2.24. The van der Waals surface area contributed by atoms with Gasteiger partial charge in [-0.25, -0.2) is 0 Å². The molecule has 3 unspecified atom stereocenters. The third-order valence-corrected chi connectivity index (χ3v) is 3.33. The maximum absolute atomic E-state index is 3.23. The van der Waals surface area contributed by atoms with E-state index in [0.29, 0.717) is 0 Å². The lowest BCUT2D eigenvalue weighted by molar-refractivity contribution is 0.0990. The minimum absolute atomic E-state index is 0.743. The monoisotopic (exact) mass is 198 g/mol. The fourth-order valence-corrected chi connectivity index (χ4v) is 2.61. The number of likely N-dealkylation sites (tertiary alicyclic amines) is 1. The molecule has 0 radical (unpaired) electrons. The van der Waals surface area contributed by atoms with Gasteiger partial charge < -0.3 is 10.2 Å². The molecule has 0 amide bonds. The van der Waals surface area contributed by atoms with Gasteiger partial charge in [-0.3, -0.25) is 0 Å². The molecule has 0 aromatic carbocycles. The summed E-state index contributed by atoms with van der Waals surface area (Å²) in [4.78, 5) is 2.66. The van der Waals surface area contributed by atoms with Gasteiger partial charge in [-0.05, 0) is 45.2 Å². The van der Waals surface area contributed by atoms with E-state index >= 15 is 0 Å². The topological polar surface area (TPSA) is 15.3 Å². The first-order valence-electron chi connectivity index (χ1n) is 6.02. The van der Waals surface area contributed by atoms with Gasteiger partial charge >= 0.3 is 0 Å². The zero-order chi connectivity index (χ0) is 10.6. The molecular weight excluding hydrogens is 172 g/mol. The molecule has 1 fully saturated rings. The van der Waals surface area contributed by atoms with Crippen molar-refractivity contribution in [3.8, 4) is 0 Å². The van der Waals surface area contributed by atoms with E-state index in [1.807, 2.05) is 7.05 Å². The van der Waals surface area contributed by atoms with Gasteiger partial charge in [0.2, 0.25) is 0 Å². The summed E-state index contributed by atoms with van der Waals surface area (Å²) in [6.45, 7) is 10.9. The van der Waals surface area contributed by atoms with Crippen LogP contribution >= 0.6 is 0 Å². The van der Waals surface area contributed by atoms with Crippen LogP contribution in [0, 0.1) is 11.8 Å². The molecule has 1 saturated heterocycles. The number of nitrogens with one attached hydrogen (secondary N) is 1. The summed E-state index contributed by atoms with van der Waals surface area (Å²) in [5, 5.41) is 3.23. The fourth-order valence-electron chi connectivity index (χ4n) is 2.61. The van der Waals surface area contributed by atoms with Gasteiger partial charge in [0, 0.05) is 19.1 Å². The molecule has 0 bridgehead atoms. The first kappa shape index (κ1) is 12.0. The van der Waals surface area contributed by atoms with Crippen molar-refractivity contribution in [3.63, 3.8) is 0 Å². The molecule has 1 aliphatic rings. The highest BCUT2D eigenvalue weighted by atomic mass is 15.2. The Kier molecular flexibility index (Phi) is 4.90. The Balaban J connectivity index is 2.34. The lowest BCUT2D eigenvalue weighted by Gasteiger charge is -2.38. The SMILES string of the molecule is CNCCC(C)N1CC(C)CC(C)C1. The molecule has 14 heavy (non-hydrogen) atoms. The molecule has 3 atom stereocenters. The third-order valence-electron chi connectivity index (χ3n) is 3.33. The average molecular weight is 198 g/mol. The summed E-state index contributed by atoms with van der Waals surface area (Å²) in [6, 6.07) is 0.743. The molecule has 0 aromatic heterocycles. The largest absolute Gasteiger partial charge is 0.320 e. The smallest absolute Gasteiger partial charge is 0.00792 e. The van der Waals surface area contributed by atoms with Gasteiger partial charge in [0.25, 0.3) is 0 Å². The normalized spacial score (nSPS) is 31.7. The molecule has 1 rings (SSSR count). The van der Waals surface area contributed by atoms with Crippen molar-refractivity contribution in [1.82, 2.24) is 10.2 Å². The summed E-state index contributed by atoms with van der Waals surface area (Å²) < 4.78 is 0. The minimum Gasteiger partial charge on any atom is -0.320 e. The van der Waals surface area contributed by atoms with E-state index < -0.39 is 0 Å². The Labute approximate surface area is 89.1 Å². The van der Waals surface area contributed by atoms with E-state index in [9.17, 15) is 0 Å². The molecule has 0 aromatic rings. The van der Waals surface area contributed by atoms with Crippen LogP contribution in [-0.2, 0) is 0 Å². The zero-order valence-electron chi connectivity index (χ0n) is 10.2. The summed E-state index contributed by atoms with van der Waals surface area (Å²) in [5.74, 6) is 1.77. The Morgan fingerprint density at radius 1 is 1.29 bits per heavy atom. The highest BCUT2D eigenvalue weighted by molar-refractivity contribution is 4.78. The number of rotatable bonds is 4. The lowest BCUT2D eigenvalue weighted by atomic mass is 9.90. The third kappa shape index (κ3) is 3.58. The van der Waals surface area contributed by atoms with Crippen molar-refractivity contribution in [2.24, 2.45) is 11.8 Å². The van der Waals surface area contributed by atoms with Crippen molar-refractivity contribution in [2.75, 3.05) is 26.7 Å². The summed E-state index contributed by atoms with van der Waals surface area (Å²) in [7, 11) is 2.04. The Morgan fingerprint density at radius 2 is 1.86 bits per heavy atom. The number of hydrogen-bond acceptors (Lipinski definition) is 2. The molecule has 2 heteroatoms. The van der Waals surface area contributed by atoms with Crippen LogP contribution in [0.25, 0.3) is 0 Å². The molecule has 1 N–H and O–H groups in total. The van der Waals surface area contributed by atoms with E-state index in [4.69, 9.17) is 0 Å². The Hall–Kier alpha value is -0.0800. The molecule has 0 aliphatic carbocycles. The number of piperidine rings is 1. The van der Waals surface area contributed by atoms with E-state index in [0.717, 1.165) is 24.4 Å². The van der Waals surface area contributed by atoms with Crippen LogP contribution in [0.2, 0.25) is 0 Å². The second-order valence-corrected chi connectivity index (χ2v) is 5.14. The summed E-state index contributed by atoms with van der Waals surface area (Å²) in [5.41, 5.74) is 0. The van der Waals surface area contributed by atoms with Gasteiger partial charge in [-0.15, -0.1) is 0 Å². The van der Waals surface area contributed by atoms with E-state index in [1.54, 1.807) is 0 Å². The van der Waals surface area contributed by atoms with Gasteiger partial charge in [0.1, 0.15) is 0 Å². The van der Waals surface area contributed by atoms with Crippen LogP contribution in [0.15, 0.2) is 0 Å². The number of hydrogen-bond donors (Lipinski definition) is 1. The van der Waals surface area contributed by atoms with Crippen molar-refractivity contribution >= 4 is 0 Å². The van der Waals surface area contributed by atoms with Crippen LogP contribution in [0.3, 0.4) is 0 Å². The van der Waals surface area contributed by atoms with Crippen molar-refractivity contribution < 1.29 is 0 Å². The molecule has 2 nitrogen and oxygen atoms in total. The first-order valence-corrected chi connectivity index (χ1v) is 6.02. The maximum atomic E-state index is 3.23. The Morgan fingerprint density at radius 3 is 2.36 bits per heavy atom. The standard InChI is InChI=1S/C12H26N2/c1-10-7-11(2)9-14(8-10)12(3)5-6-13-4/h10-13H,5-9H2,1-4H3. The minimum atomic E-state index is 0.743. The van der Waals surface area contributed by atoms with Crippen LogP contribution < -0.4 is 5.32 Å². The molecule has 1 aliphatic heterocycles.